The topological polar surface area (TPSA) is 47.8 Å². The summed E-state index contributed by atoms with van der Waals surface area (Å²) in [5, 5.41) is 9.64. The molecule has 2 aromatic carbocycles. The highest BCUT2D eigenvalue weighted by atomic mass is 32.2. The van der Waals surface area contributed by atoms with Gasteiger partial charge in [-0.3, -0.25) is 4.79 Å². The van der Waals surface area contributed by atoms with Gasteiger partial charge in [0.15, 0.2) is 16.8 Å². The lowest BCUT2D eigenvalue weighted by molar-refractivity contribution is 0.0982. The number of halogens is 1. The molecule has 0 saturated carbocycles. The molecule has 0 saturated heterocycles. The molecule has 0 spiro atoms. The van der Waals surface area contributed by atoms with Crippen LogP contribution in [0, 0.1) is 5.82 Å². The van der Waals surface area contributed by atoms with Crippen LogP contribution >= 0.6 is 11.8 Å². The first-order valence-corrected chi connectivity index (χ1v) is 11.2. The highest BCUT2D eigenvalue weighted by Crippen LogP contribution is 2.28. The van der Waals surface area contributed by atoms with Crippen LogP contribution in [-0.4, -0.2) is 26.3 Å². The predicted molar refractivity (Wildman–Crippen MR) is 121 cm³/mol. The number of carbonyl (C=O) groups excluding carboxylic acids is 1. The maximum Gasteiger partial charge on any atom is 0.191 e. The number of benzene rings is 2. The molecule has 0 aliphatic carbocycles. The number of aromatic nitrogens is 3. The van der Waals surface area contributed by atoms with Crippen LogP contribution in [-0.2, 0) is 12.0 Å². The Morgan fingerprint density at radius 2 is 1.70 bits per heavy atom. The van der Waals surface area contributed by atoms with Gasteiger partial charge in [-0.2, -0.15) is 0 Å². The number of carbonyl (C=O) groups is 1. The second-order valence-electron chi connectivity index (χ2n) is 8.26. The molecule has 0 radical (unpaired) electrons. The molecule has 4 nitrogen and oxygen atoms in total. The molecule has 3 rings (SSSR count). The van der Waals surface area contributed by atoms with Crippen LogP contribution in [0.1, 0.15) is 56.5 Å². The highest BCUT2D eigenvalue weighted by molar-refractivity contribution is 7.99. The Balaban J connectivity index is 1.60. The van der Waals surface area contributed by atoms with Gasteiger partial charge >= 0.3 is 0 Å². The lowest BCUT2D eigenvalue weighted by atomic mass is 9.87. The van der Waals surface area contributed by atoms with Gasteiger partial charge in [-0.05, 0) is 48.6 Å². The standard InChI is InChI=1S/C24H28FN3OS/c1-5-28-22(18-8-12-19(13-9-18)24(2,3)4)26-27-23(28)30-16-6-7-21(29)17-10-14-20(25)15-11-17/h8-15H,5-7,16H2,1-4H3. The average molecular weight is 426 g/mol. The second-order valence-corrected chi connectivity index (χ2v) is 9.32. The van der Waals surface area contributed by atoms with E-state index in [0.717, 1.165) is 35.3 Å². The molecule has 0 N–H and O–H groups in total. The minimum atomic E-state index is -0.329. The Labute approximate surface area is 181 Å². The lowest BCUT2D eigenvalue weighted by Gasteiger charge is -2.19. The van der Waals surface area contributed by atoms with E-state index < -0.39 is 0 Å². The number of rotatable bonds is 8. The van der Waals surface area contributed by atoms with Crippen LogP contribution in [0.15, 0.2) is 53.7 Å². The fraction of sp³-hybridized carbons (Fsp3) is 0.375. The first-order valence-electron chi connectivity index (χ1n) is 10.2. The first-order chi connectivity index (χ1) is 14.3. The van der Waals surface area contributed by atoms with Crippen molar-refractivity contribution in [1.82, 2.24) is 14.8 Å². The zero-order valence-corrected chi connectivity index (χ0v) is 18.8. The van der Waals surface area contributed by atoms with Crippen molar-refractivity contribution in [3.63, 3.8) is 0 Å². The van der Waals surface area contributed by atoms with Gasteiger partial charge in [0.05, 0.1) is 0 Å². The molecule has 30 heavy (non-hydrogen) atoms. The molecule has 0 amide bonds. The van der Waals surface area contributed by atoms with Gasteiger partial charge in [-0.25, -0.2) is 4.39 Å². The van der Waals surface area contributed by atoms with Crippen molar-refractivity contribution >= 4 is 17.5 Å². The Morgan fingerprint density at radius 1 is 1.03 bits per heavy atom. The number of thioether (sulfide) groups is 1. The Morgan fingerprint density at radius 3 is 2.30 bits per heavy atom. The van der Waals surface area contributed by atoms with Crippen LogP contribution in [0.25, 0.3) is 11.4 Å². The monoisotopic (exact) mass is 425 g/mol. The van der Waals surface area contributed by atoms with Crippen molar-refractivity contribution in [2.45, 2.75) is 57.7 Å². The summed E-state index contributed by atoms with van der Waals surface area (Å²) in [4.78, 5) is 12.2. The summed E-state index contributed by atoms with van der Waals surface area (Å²) in [6.45, 7) is 9.46. The minimum Gasteiger partial charge on any atom is -0.302 e. The normalized spacial score (nSPS) is 11.6. The molecule has 1 aromatic heterocycles. The van der Waals surface area contributed by atoms with Crippen molar-refractivity contribution in [3.05, 3.63) is 65.5 Å². The SMILES string of the molecule is CCn1c(SCCCC(=O)c2ccc(F)cc2)nnc1-c1ccc(C(C)(C)C)cc1. The van der Waals surface area contributed by atoms with Gasteiger partial charge in [0.1, 0.15) is 5.82 Å². The number of Topliss-reactive ketones (excluding diaryl/α,β-unsaturated/α-hetero) is 1. The minimum absolute atomic E-state index is 0.0344. The molecule has 0 aliphatic heterocycles. The summed E-state index contributed by atoms with van der Waals surface area (Å²) in [6.07, 6.45) is 1.16. The van der Waals surface area contributed by atoms with E-state index in [4.69, 9.17) is 0 Å². The van der Waals surface area contributed by atoms with Gasteiger partial charge in [-0.15, -0.1) is 10.2 Å². The third kappa shape index (κ3) is 5.36. The van der Waals surface area contributed by atoms with Crippen molar-refractivity contribution in [2.24, 2.45) is 0 Å². The number of hydrogen-bond acceptors (Lipinski definition) is 4. The summed E-state index contributed by atoms with van der Waals surface area (Å²) in [6, 6.07) is 14.2. The summed E-state index contributed by atoms with van der Waals surface area (Å²) in [5.41, 5.74) is 3.01. The van der Waals surface area contributed by atoms with Crippen molar-refractivity contribution < 1.29 is 9.18 Å². The van der Waals surface area contributed by atoms with E-state index in [9.17, 15) is 9.18 Å². The van der Waals surface area contributed by atoms with E-state index in [1.165, 1.54) is 29.8 Å². The van der Waals surface area contributed by atoms with Crippen molar-refractivity contribution in [1.29, 1.82) is 0 Å². The molecule has 6 heteroatoms. The fourth-order valence-electron chi connectivity index (χ4n) is 3.19. The molecule has 0 atom stereocenters. The molecule has 3 aromatic rings. The molecular weight excluding hydrogens is 397 g/mol. The third-order valence-electron chi connectivity index (χ3n) is 4.99. The van der Waals surface area contributed by atoms with Gasteiger partial charge in [-0.1, -0.05) is 56.8 Å². The van der Waals surface area contributed by atoms with E-state index in [0.29, 0.717) is 12.0 Å². The summed E-state index contributed by atoms with van der Waals surface area (Å²) in [5.74, 6) is 1.34. The summed E-state index contributed by atoms with van der Waals surface area (Å²) >= 11 is 1.61. The smallest absolute Gasteiger partial charge is 0.191 e. The molecular formula is C24H28FN3OS. The average Bonchev–Trinajstić information content (AvgIpc) is 3.14. The molecule has 0 aliphatic rings. The van der Waals surface area contributed by atoms with E-state index in [2.05, 4.69) is 66.7 Å². The van der Waals surface area contributed by atoms with Crippen LogP contribution in [0.4, 0.5) is 4.39 Å². The number of hydrogen-bond donors (Lipinski definition) is 0. The summed E-state index contributed by atoms with van der Waals surface area (Å²) in [7, 11) is 0. The van der Waals surface area contributed by atoms with E-state index >= 15 is 0 Å². The van der Waals surface area contributed by atoms with Gasteiger partial charge < -0.3 is 4.57 Å². The molecule has 0 bridgehead atoms. The van der Waals surface area contributed by atoms with Gasteiger partial charge in [0, 0.05) is 29.8 Å². The quantitative estimate of drug-likeness (QED) is 0.246. The largest absolute Gasteiger partial charge is 0.302 e. The number of nitrogens with zero attached hydrogens (tertiary/aromatic N) is 3. The highest BCUT2D eigenvalue weighted by Gasteiger charge is 2.16. The fourth-order valence-corrected chi connectivity index (χ4v) is 4.13. The number of ketones is 1. The molecule has 0 unspecified atom stereocenters. The van der Waals surface area contributed by atoms with Crippen molar-refractivity contribution in [2.75, 3.05) is 5.75 Å². The lowest BCUT2D eigenvalue weighted by Crippen LogP contribution is -2.10. The van der Waals surface area contributed by atoms with Crippen LogP contribution in [0.3, 0.4) is 0 Å². The van der Waals surface area contributed by atoms with Gasteiger partial charge in [0.25, 0.3) is 0 Å². The van der Waals surface area contributed by atoms with E-state index in [-0.39, 0.29) is 17.0 Å². The van der Waals surface area contributed by atoms with E-state index in [1.807, 2.05) is 0 Å². The van der Waals surface area contributed by atoms with Crippen LogP contribution < -0.4 is 0 Å². The van der Waals surface area contributed by atoms with E-state index in [1.54, 1.807) is 11.8 Å². The Bertz CT molecular complexity index is 989. The molecule has 1 heterocycles. The Hall–Kier alpha value is -2.47. The molecule has 158 valence electrons. The van der Waals surface area contributed by atoms with Crippen LogP contribution in [0.2, 0.25) is 0 Å². The van der Waals surface area contributed by atoms with Crippen LogP contribution in [0.5, 0.6) is 0 Å². The third-order valence-corrected chi connectivity index (χ3v) is 6.04. The maximum absolute atomic E-state index is 13.0. The second kappa shape index (κ2) is 9.56. The predicted octanol–water partition coefficient (Wildman–Crippen LogP) is 6.16. The zero-order valence-electron chi connectivity index (χ0n) is 18.0. The zero-order chi connectivity index (χ0) is 21.7. The van der Waals surface area contributed by atoms with Gasteiger partial charge in [0.2, 0.25) is 0 Å². The van der Waals surface area contributed by atoms with Crippen molar-refractivity contribution in [3.8, 4) is 11.4 Å². The molecule has 0 fully saturated rings. The summed E-state index contributed by atoms with van der Waals surface area (Å²) < 4.78 is 15.1. The Kier molecular flexibility index (Phi) is 7.08. The maximum atomic E-state index is 13.0. The first kappa shape index (κ1) is 22.2.